The van der Waals surface area contributed by atoms with Crippen molar-refractivity contribution >= 4 is 5.91 Å². The van der Waals surface area contributed by atoms with Gasteiger partial charge in [-0.15, -0.1) is 0 Å². The van der Waals surface area contributed by atoms with Crippen molar-refractivity contribution in [2.45, 2.75) is 25.0 Å². The van der Waals surface area contributed by atoms with Crippen molar-refractivity contribution in [3.63, 3.8) is 0 Å². The van der Waals surface area contributed by atoms with E-state index in [0.717, 1.165) is 32.7 Å². The van der Waals surface area contributed by atoms with E-state index in [-0.39, 0.29) is 24.0 Å². The van der Waals surface area contributed by atoms with Crippen molar-refractivity contribution in [3.05, 3.63) is 24.0 Å². The molecule has 4 rings (SSSR count). The van der Waals surface area contributed by atoms with Gasteiger partial charge in [-0.25, -0.2) is 0 Å². The first-order valence-electron chi connectivity index (χ1n) is 8.67. The summed E-state index contributed by atoms with van der Waals surface area (Å²) in [4.78, 5) is 14.7. The number of likely N-dealkylation sites (tertiary alicyclic amines) is 1. The van der Waals surface area contributed by atoms with Gasteiger partial charge in [-0.2, -0.15) is 10.2 Å². The van der Waals surface area contributed by atoms with Crippen LogP contribution in [0, 0.1) is 11.8 Å². The summed E-state index contributed by atoms with van der Waals surface area (Å²) < 4.78 is 17.2. The normalized spacial score (nSPS) is 30.5. The van der Waals surface area contributed by atoms with Gasteiger partial charge in [-0.3, -0.25) is 4.79 Å². The first-order valence-corrected chi connectivity index (χ1v) is 8.67. The Bertz CT molecular complexity index is 564. The highest BCUT2D eigenvalue weighted by molar-refractivity contribution is 5.94. The summed E-state index contributed by atoms with van der Waals surface area (Å²) >= 11 is 0. The van der Waals surface area contributed by atoms with Crippen LogP contribution < -0.4 is 0 Å². The average Bonchev–Trinajstić information content (AvgIpc) is 3.24. The summed E-state index contributed by atoms with van der Waals surface area (Å²) in [5.74, 6) is 0.819. The lowest BCUT2D eigenvalue weighted by Gasteiger charge is -2.25. The number of fused-ring (bicyclic) bond motifs is 1. The third kappa shape index (κ3) is 3.16. The third-order valence-electron chi connectivity index (χ3n) is 5.33. The van der Waals surface area contributed by atoms with Gasteiger partial charge in [-0.1, -0.05) is 0 Å². The highest BCUT2D eigenvalue weighted by Gasteiger charge is 2.48. The molecule has 130 valence electrons. The molecule has 0 radical (unpaired) electrons. The summed E-state index contributed by atoms with van der Waals surface area (Å²) in [5.41, 5.74) is 0.570. The van der Waals surface area contributed by atoms with Crippen molar-refractivity contribution in [2.75, 3.05) is 39.6 Å². The Balaban J connectivity index is 1.41. The Hall–Kier alpha value is -1.57. The molecule has 7 heteroatoms. The maximum absolute atomic E-state index is 12.8. The second kappa shape index (κ2) is 7.13. The molecule has 3 fully saturated rings. The molecule has 4 heterocycles. The second-order valence-corrected chi connectivity index (χ2v) is 6.78. The summed E-state index contributed by atoms with van der Waals surface area (Å²) in [7, 11) is 0. The smallest absolute Gasteiger partial charge is 0.255 e. The molecule has 7 nitrogen and oxygen atoms in total. The van der Waals surface area contributed by atoms with Crippen LogP contribution in [0.25, 0.3) is 0 Å². The molecular formula is C17H23N3O4. The molecule has 0 bridgehead atoms. The lowest BCUT2D eigenvalue weighted by atomic mass is 10.00. The fourth-order valence-corrected chi connectivity index (χ4v) is 3.87. The van der Waals surface area contributed by atoms with Gasteiger partial charge in [0.15, 0.2) is 0 Å². The van der Waals surface area contributed by atoms with Crippen LogP contribution in [0.1, 0.15) is 23.2 Å². The van der Waals surface area contributed by atoms with E-state index in [2.05, 4.69) is 10.2 Å². The van der Waals surface area contributed by atoms with Crippen LogP contribution in [-0.2, 0) is 14.2 Å². The van der Waals surface area contributed by atoms with Crippen LogP contribution in [0.2, 0.25) is 0 Å². The van der Waals surface area contributed by atoms with Gasteiger partial charge in [0.25, 0.3) is 5.91 Å². The molecule has 0 saturated carbocycles. The van der Waals surface area contributed by atoms with Crippen LogP contribution in [-0.4, -0.2) is 72.7 Å². The molecule has 24 heavy (non-hydrogen) atoms. The van der Waals surface area contributed by atoms with Gasteiger partial charge in [0.2, 0.25) is 0 Å². The number of nitrogens with zero attached hydrogens (tertiary/aromatic N) is 3. The molecule has 0 aliphatic carbocycles. The van der Waals surface area contributed by atoms with E-state index < -0.39 is 0 Å². The van der Waals surface area contributed by atoms with Gasteiger partial charge in [-0.05, 0) is 24.8 Å². The Morgan fingerprint density at radius 2 is 2.12 bits per heavy atom. The molecular weight excluding hydrogens is 310 g/mol. The van der Waals surface area contributed by atoms with E-state index in [4.69, 9.17) is 14.2 Å². The van der Waals surface area contributed by atoms with E-state index in [1.165, 1.54) is 6.20 Å². The molecule has 3 aliphatic rings. The minimum absolute atomic E-state index is 0.0115. The predicted molar refractivity (Wildman–Crippen MR) is 84.4 cm³/mol. The molecule has 1 aromatic heterocycles. The van der Waals surface area contributed by atoms with Crippen molar-refractivity contribution in [1.82, 2.24) is 15.1 Å². The van der Waals surface area contributed by atoms with Crippen LogP contribution in [0.3, 0.4) is 0 Å². The Kier molecular flexibility index (Phi) is 4.73. The maximum atomic E-state index is 12.8. The zero-order valence-corrected chi connectivity index (χ0v) is 13.7. The van der Waals surface area contributed by atoms with Gasteiger partial charge < -0.3 is 19.1 Å². The summed E-state index contributed by atoms with van der Waals surface area (Å²) in [6.07, 6.45) is 5.23. The molecule has 0 unspecified atom stereocenters. The molecule has 0 spiro atoms. The van der Waals surface area contributed by atoms with Crippen molar-refractivity contribution < 1.29 is 19.0 Å². The first-order chi connectivity index (χ1) is 11.8. The minimum atomic E-state index is -0.0115. The van der Waals surface area contributed by atoms with Crippen molar-refractivity contribution in [2.24, 2.45) is 11.8 Å². The topological polar surface area (TPSA) is 73.8 Å². The van der Waals surface area contributed by atoms with Crippen LogP contribution >= 0.6 is 0 Å². The van der Waals surface area contributed by atoms with Gasteiger partial charge in [0, 0.05) is 25.7 Å². The molecule has 1 amide bonds. The Labute approximate surface area is 141 Å². The number of rotatable bonds is 4. The number of hydrogen-bond acceptors (Lipinski definition) is 6. The summed E-state index contributed by atoms with van der Waals surface area (Å²) in [6.45, 7) is 4.29. The van der Waals surface area contributed by atoms with E-state index in [1.54, 1.807) is 12.3 Å². The number of carbonyl (C=O) groups is 1. The maximum Gasteiger partial charge on any atom is 0.255 e. The SMILES string of the molecule is O=C(c1ccnnc1)N1C[C@@H](OCC2CCOCC2)[C@@H]2COC[C@@H]21. The van der Waals surface area contributed by atoms with Crippen molar-refractivity contribution in [3.8, 4) is 0 Å². The quantitative estimate of drug-likeness (QED) is 0.810. The van der Waals surface area contributed by atoms with E-state index in [0.29, 0.717) is 31.2 Å². The fraction of sp³-hybridized carbons (Fsp3) is 0.706. The van der Waals surface area contributed by atoms with Gasteiger partial charge >= 0.3 is 0 Å². The largest absolute Gasteiger partial charge is 0.381 e. The van der Waals surface area contributed by atoms with E-state index in [1.807, 2.05) is 4.90 Å². The standard InChI is InChI=1S/C17H23N3O4/c21-17(13-1-4-18-19-7-13)20-8-16(14-10-23-11-15(14)20)24-9-12-2-5-22-6-3-12/h1,4,7,12,14-16H,2-3,5-6,8-11H2/t14-,15+,16-/m1/s1. The van der Waals surface area contributed by atoms with Crippen LogP contribution in [0.4, 0.5) is 0 Å². The molecule has 3 atom stereocenters. The summed E-state index contributed by atoms with van der Waals surface area (Å²) in [6, 6.07) is 1.81. The first kappa shape index (κ1) is 15.9. The molecule has 3 aliphatic heterocycles. The molecule has 1 aromatic rings. The third-order valence-corrected chi connectivity index (χ3v) is 5.33. The number of ether oxygens (including phenoxy) is 3. The van der Waals surface area contributed by atoms with Crippen molar-refractivity contribution in [1.29, 1.82) is 0 Å². The van der Waals surface area contributed by atoms with E-state index >= 15 is 0 Å². The minimum Gasteiger partial charge on any atom is -0.381 e. The monoisotopic (exact) mass is 333 g/mol. The van der Waals surface area contributed by atoms with Gasteiger partial charge in [0.05, 0.1) is 49.9 Å². The average molecular weight is 333 g/mol. The Morgan fingerprint density at radius 1 is 1.25 bits per heavy atom. The van der Waals surface area contributed by atoms with E-state index in [9.17, 15) is 4.79 Å². The fourth-order valence-electron chi connectivity index (χ4n) is 3.87. The molecule has 0 aromatic carbocycles. The summed E-state index contributed by atoms with van der Waals surface area (Å²) in [5, 5.41) is 7.54. The van der Waals surface area contributed by atoms with Gasteiger partial charge in [0.1, 0.15) is 0 Å². The molecule has 3 saturated heterocycles. The zero-order chi connectivity index (χ0) is 16.4. The number of aromatic nitrogens is 2. The number of carbonyl (C=O) groups excluding carboxylic acids is 1. The second-order valence-electron chi connectivity index (χ2n) is 6.78. The lowest BCUT2D eigenvalue weighted by Crippen LogP contribution is -2.38. The molecule has 0 N–H and O–H groups in total. The lowest BCUT2D eigenvalue weighted by molar-refractivity contribution is -0.0251. The highest BCUT2D eigenvalue weighted by Crippen LogP contribution is 2.33. The van der Waals surface area contributed by atoms with Crippen LogP contribution in [0.15, 0.2) is 18.5 Å². The Morgan fingerprint density at radius 3 is 2.92 bits per heavy atom. The highest BCUT2D eigenvalue weighted by atomic mass is 16.5. The zero-order valence-electron chi connectivity index (χ0n) is 13.7. The number of amides is 1. The number of hydrogen-bond donors (Lipinski definition) is 0. The van der Waals surface area contributed by atoms with Crippen LogP contribution in [0.5, 0.6) is 0 Å². The predicted octanol–water partition coefficient (Wildman–Crippen LogP) is 0.759.